The summed E-state index contributed by atoms with van der Waals surface area (Å²) in [6, 6.07) is 0. The molecule has 0 aromatic rings. The molecule has 0 saturated carbocycles. The monoisotopic (exact) mass is 186 g/mol. The van der Waals surface area contributed by atoms with Crippen LogP contribution in [0.5, 0.6) is 0 Å². The summed E-state index contributed by atoms with van der Waals surface area (Å²) < 4.78 is 10.6. The molecule has 1 aliphatic rings. The highest BCUT2D eigenvalue weighted by atomic mass is 16.6. The zero-order valence-electron chi connectivity index (χ0n) is 8.41. The average Bonchev–Trinajstić information content (AvgIpc) is 2.04. The summed E-state index contributed by atoms with van der Waals surface area (Å²) in [5.41, 5.74) is 0. The highest BCUT2D eigenvalue weighted by Crippen LogP contribution is 2.16. The molecule has 3 heteroatoms. The molecule has 0 aromatic carbocycles. The van der Waals surface area contributed by atoms with Crippen LogP contribution in [0.2, 0.25) is 0 Å². The summed E-state index contributed by atoms with van der Waals surface area (Å²) in [4.78, 5) is 11.2. The second-order valence-electron chi connectivity index (χ2n) is 3.57. The van der Waals surface area contributed by atoms with Crippen molar-refractivity contribution in [3.05, 3.63) is 0 Å². The Labute approximate surface area is 79.4 Å². The summed E-state index contributed by atoms with van der Waals surface area (Å²) in [5, 5.41) is 0. The van der Waals surface area contributed by atoms with Crippen molar-refractivity contribution in [2.45, 2.75) is 51.7 Å². The molecule has 0 aromatic heterocycles. The topological polar surface area (TPSA) is 35.5 Å². The Hall–Kier alpha value is -0.570. The molecule has 0 amide bonds. The van der Waals surface area contributed by atoms with Gasteiger partial charge < -0.3 is 9.47 Å². The Kier molecular flexibility index (Phi) is 4.22. The smallest absolute Gasteiger partial charge is 0.306 e. The van der Waals surface area contributed by atoms with Crippen LogP contribution in [0, 0.1) is 0 Å². The van der Waals surface area contributed by atoms with Crippen molar-refractivity contribution in [3.8, 4) is 0 Å². The van der Waals surface area contributed by atoms with Crippen LogP contribution in [0.3, 0.4) is 0 Å². The second-order valence-corrected chi connectivity index (χ2v) is 3.57. The lowest BCUT2D eigenvalue weighted by Gasteiger charge is -2.26. The van der Waals surface area contributed by atoms with Crippen molar-refractivity contribution < 1.29 is 14.3 Å². The summed E-state index contributed by atoms with van der Waals surface area (Å²) in [5.74, 6) is -0.0680. The fourth-order valence-corrected chi connectivity index (χ4v) is 1.51. The van der Waals surface area contributed by atoms with E-state index in [9.17, 15) is 4.79 Å². The first-order chi connectivity index (χ1) is 6.22. The maximum Gasteiger partial charge on any atom is 0.306 e. The van der Waals surface area contributed by atoms with Gasteiger partial charge in [-0.05, 0) is 13.3 Å². The van der Waals surface area contributed by atoms with Crippen molar-refractivity contribution in [2.75, 3.05) is 6.61 Å². The lowest BCUT2D eigenvalue weighted by atomic mass is 10.1. The fourth-order valence-electron chi connectivity index (χ4n) is 1.51. The standard InChI is InChI=1S/C10H18O3/c1-3-4-10(11)13-9-5-6-12-8(2)7-9/h8-9H,3-7H2,1-2H3/t8-,9-/m0/s1. The normalized spacial score (nSPS) is 28.5. The predicted octanol–water partition coefficient (Wildman–Crippen LogP) is 1.90. The van der Waals surface area contributed by atoms with Crippen LogP contribution < -0.4 is 0 Å². The molecule has 1 saturated heterocycles. The molecule has 2 atom stereocenters. The van der Waals surface area contributed by atoms with Gasteiger partial charge in [-0.2, -0.15) is 0 Å². The maximum absolute atomic E-state index is 11.2. The number of esters is 1. The van der Waals surface area contributed by atoms with E-state index in [2.05, 4.69) is 0 Å². The van der Waals surface area contributed by atoms with Gasteiger partial charge in [0.05, 0.1) is 12.7 Å². The third-order valence-corrected chi connectivity index (χ3v) is 2.19. The lowest BCUT2D eigenvalue weighted by Crippen LogP contribution is -2.30. The highest BCUT2D eigenvalue weighted by Gasteiger charge is 2.22. The van der Waals surface area contributed by atoms with Crippen LogP contribution in [0.25, 0.3) is 0 Å². The van der Waals surface area contributed by atoms with Crippen LogP contribution in [-0.4, -0.2) is 24.8 Å². The van der Waals surface area contributed by atoms with E-state index in [4.69, 9.17) is 9.47 Å². The van der Waals surface area contributed by atoms with Gasteiger partial charge in [0.1, 0.15) is 6.10 Å². The largest absolute Gasteiger partial charge is 0.462 e. The van der Waals surface area contributed by atoms with Crippen molar-refractivity contribution >= 4 is 5.97 Å². The predicted molar refractivity (Wildman–Crippen MR) is 49.4 cm³/mol. The molecule has 0 unspecified atom stereocenters. The van der Waals surface area contributed by atoms with E-state index >= 15 is 0 Å². The zero-order chi connectivity index (χ0) is 9.68. The number of hydrogen-bond acceptors (Lipinski definition) is 3. The Morgan fingerprint density at radius 3 is 3.00 bits per heavy atom. The van der Waals surface area contributed by atoms with E-state index in [-0.39, 0.29) is 18.2 Å². The first-order valence-electron chi connectivity index (χ1n) is 5.03. The van der Waals surface area contributed by atoms with Crippen LogP contribution in [0.1, 0.15) is 39.5 Å². The SMILES string of the molecule is CCCC(=O)O[C@H]1CCO[C@@H](C)C1. The molecule has 0 radical (unpaired) electrons. The van der Waals surface area contributed by atoms with Gasteiger partial charge in [-0.15, -0.1) is 0 Å². The minimum atomic E-state index is -0.0680. The number of carbonyl (C=O) groups excluding carboxylic acids is 1. The van der Waals surface area contributed by atoms with E-state index in [0.29, 0.717) is 13.0 Å². The van der Waals surface area contributed by atoms with E-state index in [1.165, 1.54) is 0 Å². The first kappa shape index (κ1) is 10.5. The first-order valence-corrected chi connectivity index (χ1v) is 5.03. The van der Waals surface area contributed by atoms with Crippen LogP contribution in [0.4, 0.5) is 0 Å². The molecule has 13 heavy (non-hydrogen) atoms. The molecule has 3 nitrogen and oxygen atoms in total. The van der Waals surface area contributed by atoms with Gasteiger partial charge in [0, 0.05) is 19.3 Å². The molecule has 0 aliphatic carbocycles. The minimum Gasteiger partial charge on any atom is -0.462 e. The van der Waals surface area contributed by atoms with Gasteiger partial charge in [0.25, 0.3) is 0 Å². The quantitative estimate of drug-likeness (QED) is 0.631. The lowest BCUT2D eigenvalue weighted by molar-refractivity contribution is -0.155. The summed E-state index contributed by atoms with van der Waals surface area (Å²) in [6.07, 6.45) is 3.40. The van der Waals surface area contributed by atoms with Crippen LogP contribution in [-0.2, 0) is 14.3 Å². The molecular formula is C10H18O3. The summed E-state index contributed by atoms with van der Waals surface area (Å²) in [6.45, 7) is 4.71. The van der Waals surface area contributed by atoms with Crippen molar-refractivity contribution in [3.63, 3.8) is 0 Å². The Balaban J connectivity index is 2.23. The molecule has 1 fully saturated rings. The van der Waals surface area contributed by atoms with Gasteiger partial charge in [-0.1, -0.05) is 6.92 Å². The summed E-state index contributed by atoms with van der Waals surface area (Å²) >= 11 is 0. The second kappa shape index (κ2) is 5.22. The van der Waals surface area contributed by atoms with Crippen molar-refractivity contribution in [1.29, 1.82) is 0 Å². The van der Waals surface area contributed by atoms with E-state index < -0.39 is 0 Å². The van der Waals surface area contributed by atoms with Gasteiger partial charge >= 0.3 is 5.97 Å². The molecule has 0 bridgehead atoms. The van der Waals surface area contributed by atoms with Gasteiger partial charge in [-0.3, -0.25) is 4.79 Å². The molecule has 1 aliphatic heterocycles. The Bertz CT molecular complexity index is 168. The fraction of sp³-hybridized carbons (Fsp3) is 0.900. The third-order valence-electron chi connectivity index (χ3n) is 2.19. The van der Waals surface area contributed by atoms with Gasteiger partial charge in [0.2, 0.25) is 0 Å². The Morgan fingerprint density at radius 2 is 2.38 bits per heavy atom. The number of carbonyl (C=O) groups is 1. The molecule has 1 rings (SSSR count). The number of rotatable bonds is 3. The maximum atomic E-state index is 11.2. The Morgan fingerprint density at radius 1 is 1.62 bits per heavy atom. The molecule has 0 spiro atoms. The molecular weight excluding hydrogens is 168 g/mol. The molecule has 76 valence electrons. The van der Waals surface area contributed by atoms with Crippen LogP contribution >= 0.6 is 0 Å². The number of ether oxygens (including phenoxy) is 2. The molecule has 1 heterocycles. The minimum absolute atomic E-state index is 0.0680. The van der Waals surface area contributed by atoms with E-state index in [0.717, 1.165) is 19.3 Å². The third kappa shape index (κ3) is 3.77. The van der Waals surface area contributed by atoms with Gasteiger partial charge in [0.15, 0.2) is 0 Å². The zero-order valence-corrected chi connectivity index (χ0v) is 8.41. The van der Waals surface area contributed by atoms with E-state index in [1.54, 1.807) is 0 Å². The highest BCUT2D eigenvalue weighted by molar-refractivity contribution is 5.69. The summed E-state index contributed by atoms with van der Waals surface area (Å²) in [7, 11) is 0. The van der Waals surface area contributed by atoms with Crippen molar-refractivity contribution in [1.82, 2.24) is 0 Å². The van der Waals surface area contributed by atoms with E-state index in [1.807, 2.05) is 13.8 Å². The van der Waals surface area contributed by atoms with Crippen molar-refractivity contribution in [2.24, 2.45) is 0 Å². The molecule has 0 N–H and O–H groups in total. The van der Waals surface area contributed by atoms with Gasteiger partial charge in [-0.25, -0.2) is 0 Å². The average molecular weight is 186 g/mol. The van der Waals surface area contributed by atoms with Crippen LogP contribution in [0.15, 0.2) is 0 Å². The number of hydrogen-bond donors (Lipinski definition) is 0.